The van der Waals surface area contributed by atoms with E-state index in [9.17, 15) is 0 Å². The van der Waals surface area contributed by atoms with Gasteiger partial charge in [0.2, 0.25) is 0 Å². The molecule has 13 rings (SSSR count). The molecule has 0 saturated carbocycles. The Balaban J connectivity index is 0.948. The van der Waals surface area contributed by atoms with Crippen LogP contribution >= 0.6 is 11.3 Å². The number of anilines is 3. The molecule has 3 heteroatoms. The number of para-hydroxylation sites is 1. The minimum Gasteiger partial charge on any atom is -0.455 e. The number of nitrogens with zero attached hydrogens (tertiary/aromatic N) is 1. The molecule has 0 aliphatic carbocycles. The summed E-state index contributed by atoms with van der Waals surface area (Å²) in [6.45, 7) is 0. The number of benzene rings is 11. The van der Waals surface area contributed by atoms with Gasteiger partial charge >= 0.3 is 0 Å². The first kappa shape index (κ1) is 38.9. The number of rotatable bonds is 8. The van der Waals surface area contributed by atoms with Crippen LogP contribution in [-0.4, -0.2) is 0 Å². The third-order valence-corrected chi connectivity index (χ3v) is 14.4. The van der Waals surface area contributed by atoms with Crippen molar-refractivity contribution in [2.45, 2.75) is 0 Å². The van der Waals surface area contributed by atoms with Crippen LogP contribution in [0.25, 0.3) is 109 Å². The van der Waals surface area contributed by atoms with Crippen molar-refractivity contribution in [1.29, 1.82) is 0 Å². The summed E-state index contributed by atoms with van der Waals surface area (Å²) in [6, 6.07) is 90.1. The van der Waals surface area contributed by atoms with E-state index in [1.54, 1.807) is 0 Å². The van der Waals surface area contributed by atoms with Crippen molar-refractivity contribution in [1.82, 2.24) is 0 Å². The van der Waals surface area contributed by atoms with Crippen molar-refractivity contribution in [2.24, 2.45) is 0 Å². The molecule has 0 aliphatic heterocycles. The largest absolute Gasteiger partial charge is 0.455 e. The van der Waals surface area contributed by atoms with Crippen molar-refractivity contribution in [3.63, 3.8) is 0 Å². The van der Waals surface area contributed by atoms with E-state index in [4.69, 9.17) is 4.42 Å². The van der Waals surface area contributed by atoms with E-state index in [1.165, 1.54) is 64.5 Å². The van der Waals surface area contributed by atoms with Crippen LogP contribution in [0.3, 0.4) is 0 Å². The molecule has 13 aromatic rings. The van der Waals surface area contributed by atoms with E-state index in [1.807, 2.05) is 11.3 Å². The lowest BCUT2D eigenvalue weighted by Crippen LogP contribution is -2.11. The van der Waals surface area contributed by atoms with Crippen molar-refractivity contribution in [3.8, 4) is 55.6 Å². The quantitative estimate of drug-likeness (QED) is 0.151. The molecule has 0 N–H and O–H groups in total. The normalized spacial score (nSPS) is 11.6. The number of hydrogen-bond donors (Lipinski definition) is 0. The predicted molar refractivity (Wildman–Crippen MR) is 286 cm³/mol. The molecular weight excluding hydrogens is 831 g/mol. The highest BCUT2D eigenvalue weighted by Gasteiger charge is 2.22. The smallest absolute Gasteiger partial charge is 0.143 e. The lowest BCUT2D eigenvalue weighted by atomic mass is 9.91. The minimum atomic E-state index is 0.877. The first-order valence-corrected chi connectivity index (χ1v) is 23.6. The first-order valence-electron chi connectivity index (χ1n) is 22.8. The Morgan fingerprint density at radius 1 is 0.313 bits per heavy atom. The van der Waals surface area contributed by atoms with Gasteiger partial charge in [0.15, 0.2) is 0 Å². The molecular formula is C64H41NOS. The summed E-state index contributed by atoms with van der Waals surface area (Å²) < 4.78 is 9.33. The molecule has 0 unspecified atom stereocenters. The van der Waals surface area contributed by atoms with Gasteiger partial charge in [-0.05, 0) is 116 Å². The highest BCUT2D eigenvalue weighted by Crippen LogP contribution is 2.47. The maximum Gasteiger partial charge on any atom is 0.143 e. The summed E-state index contributed by atoms with van der Waals surface area (Å²) in [5.41, 5.74) is 16.8. The number of thiophene rings is 1. The summed E-state index contributed by atoms with van der Waals surface area (Å²) in [5, 5.41) is 7.15. The maximum absolute atomic E-state index is 6.71. The zero-order valence-electron chi connectivity index (χ0n) is 36.4. The Morgan fingerprint density at radius 2 is 0.881 bits per heavy atom. The number of hydrogen-bond acceptors (Lipinski definition) is 3. The average molecular weight is 872 g/mol. The van der Waals surface area contributed by atoms with Gasteiger partial charge in [0, 0.05) is 53.3 Å². The van der Waals surface area contributed by atoms with Crippen LogP contribution in [0.1, 0.15) is 0 Å². The SMILES string of the molecule is c1ccc(-c2ccc(-c3ccc(N(c4ccc(-c5ccc6c(c5)sc5ccccc56)cc4)c4ccccc4-c4cccc5oc6c7ccccc7ccc6c45)cc3)cc2-c2ccccc2)cc1. The zero-order chi connectivity index (χ0) is 44.3. The summed E-state index contributed by atoms with van der Waals surface area (Å²) in [6.07, 6.45) is 0. The fourth-order valence-corrected chi connectivity index (χ4v) is 11.2. The molecule has 0 bridgehead atoms. The molecule has 314 valence electrons. The second-order valence-corrected chi connectivity index (χ2v) is 18.3. The van der Waals surface area contributed by atoms with E-state index < -0.39 is 0 Å². The Kier molecular flexibility index (Phi) is 9.40. The molecule has 0 amide bonds. The van der Waals surface area contributed by atoms with Crippen LogP contribution in [0.5, 0.6) is 0 Å². The van der Waals surface area contributed by atoms with E-state index in [-0.39, 0.29) is 0 Å². The molecule has 0 radical (unpaired) electrons. The maximum atomic E-state index is 6.71. The molecule has 0 saturated heterocycles. The van der Waals surface area contributed by atoms with Crippen molar-refractivity contribution < 1.29 is 4.42 Å². The van der Waals surface area contributed by atoms with Crippen molar-refractivity contribution in [3.05, 3.63) is 249 Å². The second-order valence-electron chi connectivity index (χ2n) is 17.2. The number of fused-ring (bicyclic) bond motifs is 8. The van der Waals surface area contributed by atoms with Gasteiger partial charge in [-0.15, -0.1) is 11.3 Å². The highest BCUT2D eigenvalue weighted by atomic mass is 32.1. The van der Waals surface area contributed by atoms with Gasteiger partial charge in [-0.1, -0.05) is 188 Å². The summed E-state index contributed by atoms with van der Waals surface area (Å²) in [7, 11) is 0. The molecule has 11 aromatic carbocycles. The van der Waals surface area contributed by atoms with E-state index >= 15 is 0 Å². The first-order chi connectivity index (χ1) is 33.2. The van der Waals surface area contributed by atoms with Crippen LogP contribution in [-0.2, 0) is 0 Å². The topological polar surface area (TPSA) is 16.4 Å². The summed E-state index contributed by atoms with van der Waals surface area (Å²) >= 11 is 1.86. The fraction of sp³-hybridized carbons (Fsp3) is 0. The predicted octanol–water partition coefficient (Wildman–Crippen LogP) is 18.9. The van der Waals surface area contributed by atoms with Crippen LogP contribution in [0.15, 0.2) is 253 Å². The Hall–Kier alpha value is -8.50. The third kappa shape index (κ3) is 6.79. The summed E-state index contributed by atoms with van der Waals surface area (Å²) in [5.74, 6) is 0. The second kappa shape index (κ2) is 16.2. The summed E-state index contributed by atoms with van der Waals surface area (Å²) in [4.78, 5) is 2.41. The fourth-order valence-electron chi connectivity index (χ4n) is 10.1. The van der Waals surface area contributed by atoms with Gasteiger partial charge in [-0.3, -0.25) is 0 Å². The van der Waals surface area contributed by atoms with Crippen molar-refractivity contribution >= 4 is 81.3 Å². The minimum absolute atomic E-state index is 0.877. The Labute approximate surface area is 392 Å². The van der Waals surface area contributed by atoms with Gasteiger partial charge in [-0.25, -0.2) is 0 Å². The van der Waals surface area contributed by atoms with Gasteiger partial charge in [0.25, 0.3) is 0 Å². The van der Waals surface area contributed by atoms with Crippen LogP contribution in [0.4, 0.5) is 17.1 Å². The molecule has 0 atom stereocenters. The standard InChI is InChI=1S/C64H41NOS/c1-3-14-44(15-4-1)51-37-31-47(40-58(51)45-16-5-2-6-17-45)42-26-33-49(34-27-42)65(50-35-28-43(29-36-50)48-32-38-55-54-21-10-12-25-61(54)67-62(55)41-48)59-23-11-9-20-53(59)56-22-13-24-60-63(56)57-39-30-46-18-7-8-19-52(46)64(57)66-60/h1-41H. The van der Waals surface area contributed by atoms with Gasteiger partial charge in [0.05, 0.1) is 5.69 Å². The van der Waals surface area contributed by atoms with E-state index in [0.717, 1.165) is 61.1 Å². The van der Waals surface area contributed by atoms with Crippen LogP contribution in [0.2, 0.25) is 0 Å². The van der Waals surface area contributed by atoms with Gasteiger partial charge < -0.3 is 9.32 Å². The monoisotopic (exact) mass is 871 g/mol. The third-order valence-electron chi connectivity index (χ3n) is 13.3. The molecule has 2 heterocycles. The zero-order valence-corrected chi connectivity index (χ0v) is 37.3. The van der Waals surface area contributed by atoms with Crippen molar-refractivity contribution in [2.75, 3.05) is 4.90 Å². The molecule has 2 nitrogen and oxygen atoms in total. The van der Waals surface area contributed by atoms with E-state index in [2.05, 4.69) is 254 Å². The van der Waals surface area contributed by atoms with Gasteiger partial charge in [0.1, 0.15) is 11.2 Å². The molecule has 0 aliphatic rings. The highest BCUT2D eigenvalue weighted by molar-refractivity contribution is 7.25. The average Bonchev–Trinajstić information content (AvgIpc) is 3.98. The molecule has 0 fully saturated rings. The number of furan rings is 1. The Bertz CT molecular complexity index is 3960. The van der Waals surface area contributed by atoms with Gasteiger partial charge in [-0.2, -0.15) is 0 Å². The van der Waals surface area contributed by atoms with Crippen LogP contribution in [0, 0.1) is 0 Å². The molecule has 0 spiro atoms. The lowest BCUT2D eigenvalue weighted by molar-refractivity contribution is 0.673. The molecule has 67 heavy (non-hydrogen) atoms. The lowest BCUT2D eigenvalue weighted by Gasteiger charge is -2.28. The Morgan fingerprint density at radius 3 is 1.64 bits per heavy atom. The van der Waals surface area contributed by atoms with Crippen LogP contribution < -0.4 is 4.90 Å². The van der Waals surface area contributed by atoms with E-state index in [0.29, 0.717) is 0 Å². The molecule has 2 aromatic heterocycles.